The van der Waals surface area contributed by atoms with E-state index in [0.29, 0.717) is 18.7 Å². The van der Waals surface area contributed by atoms with Gasteiger partial charge in [-0.2, -0.15) is 0 Å². The number of non-ortho nitro benzene ring substituents is 1. The molecule has 1 fully saturated rings. The molecule has 1 unspecified atom stereocenters. The van der Waals surface area contributed by atoms with Crippen molar-refractivity contribution in [3.05, 3.63) is 46.0 Å². The van der Waals surface area contributed by atoms with Crippen LogP contribution in [0, 0.1) is 10.1 Å². The van der Waals surface area contributed by atoms with Gasteiger partial charge in [0, 0.05) is 31.3 Å². The van der Waals surface area contributed by atoms with Gasteiger partial charge in [0.15, 0.2) is 0 Å². The molecule has 0 aliphatic carbocycles. The number of piperazine rings is 1. The van der Waals surface area contributed by atoms with E-state index in [9.17, 15) is 19.7 Å². The molecular weight excluding hydrogens is 274 g/mol. The molecule has 0 bridgehead atoms. The van der Waals surface area contributed by atoms with Crippen LogP contribution in [0.25, 0.3) is 6.08 Å². The van der Waals surface area contributed by atoms with Gasteiger partial charge in [-0.3, -0.25) is 19.7 Å². The van der Waals surface area contributed by atoms with Gasteiger partial charge in [-0.25, -0.2) is 0 Å². The Bertz CT molecular complexity index is 612. The van der Waals surface area contributed by atoms with E-state index in [-0.39, 0.29) is 17.5 Å². The molecule has 1 aliphatic heterocycles. The summed E-state index contributed by atoms with van der Waals surface area (Å²) in [6.07, 6.45) is 2.84. The van der Waals surface area contributed by atoms with Gasteiger partial charge in [0.05, 0.1) is 4.92 Å². The van der Waals surface area contributed by atoms with Crippen LogP contribution in [0.1, 0.15) is 12.5 Å². The van der Waals surface area contributed by atoms with Crippen molar-refractivity contribution in [3.63, 3.8) is 0 Å². The highest BCUT2D eigenvalue weighted by Gasteiger charge is 2.27. The van der Waals surface area contributed by atoms with Crippen LogP contribution in [0.4, 0.5) is 5.69 Å². The van der Waals surface area contributed by atoms with Gasteiger partial charge >= 0.3 is 0 Å². The number of carbonyl (C=O) groups excluding carboxylic acids is 2. The second kappa shape index (κ2) is 6.17. The third-order valence-corrected chi connectivity index (χ3v) is 3.28. The van der Waals surface area contributed by atoms with Crippen molar-refractivity contribution in [2.45, 2.75) is 13.0 Å². The summed E-state index contributed by atoms with van der Waals surface area (Å²) in [5.41, 5.74) is 0.530. The zero-order valence-corrected chi connectivity index (χ0v) is 11.5. The molecule has 1 aliphatic rings. The number of amides is 2. The van der Waals surface area contributed by atoms with Crippen molar-refractivity contribution in [1.29, 1.82) is 0 Å². The lowest BCUT2D eigenvalue weighted by molar-refractivity contribution is -0.384. The Morgan fingerprint density at radius 2 is 2.29 bits per heavy atom. The fraction of sp³-hybridized carbons (Fsp3) is 0.286. The fourth-order valence-corrected chi connectivity index (χ4v) is 2.09. The van der Waals surface area contributed by atoms with E-state index >= 15 is 0 Å². The average Bonchev–Trinajstić information content (AvgIpc) is 2.48. The first-order valence-corrected chi connectivity index (χ1v) is 6.50. The average molecular weight is 289 g/mol. The molecule has 2 amide bonds. The lowest BCUT2D eigenvalue weighted by Crippen LogP contribution is -2.55. The number of carbonyl (C=O) groups is 2. The first kappa shape index (κ1) is 14.7. The number of benzene rings is 1. The van der Waals surface area contributed by atoms with E-state index in [4.69, 9.17) is 0 Å². The molecule has 0 saturated carbocycles. The highest BCUT2D eigenvalue weighted by molar-refractivity contribution is 5.96. The van der Waals surface area contributed by atoms with Crippen molar-refractivity contribution >= 4 is 23.6 Å². The lowest BCUT2D eigenvalue weighted by Gasteiger charge is -2.31. The Kier molecular flexibility index (Phi) is 4.32. The van der Waals surface area contributed by atoms with Crippen LogP contribution >= 0.6 is 0 Å². The second-order valence-electron chi connectivity index (χ2n) is 4.68. The smallest absolute Gasteiger partial charge is 0.270 e. The van der Waals surface area contributed by atoms with Crippen molar-refractivity contribution in [2.75, 3.05) is 13.1 Å². The van der Waals surface area contributed by atoms with E-state index in [1.165, 1.54) is 29.2 Å². The quantitative estimate of drug-likeness (QED) is 0.509. The van der Waals surface area contributed by atoms with Gasteiger partial charge in [-0.05, 0) is 18.6 Å². The van der Waals surface area contributed by atoms with E-state index in [1.807, 2.05) is 0 Å². The molecular formula is C14H15N3O4. The van der Waals surface area contributed by atoms with Gasteiger partial charge in [0.1, 0.15) is 6.04 Å². The molecule has 0 spiro atoms. The number of nitro benzene ring substituents is 1. The van der Waals surface area contributed by atoms with Gasteiger partial charge in [0.25, 0.3) is 5.69 Å². The highest BCUT2D eigenvalue weighted by atomic mass is 16.6. The molecule has 7 heteroatoms. The predicted molar refractivity (Wildman–Crippen MR) is 76.3 cm³/mol. The van der Waals surface area contributed by atoms with Crippen LogP contribution in [0.2, 0.25) is 0 Å². The molecule has 110 valence electrons. The van der Waals surface area contributed by atoms with Gasteiger partial charge in [0.2, 0.25) is 11.8 Å². The third-order valence-electron chi connectivity index (χ3n) is 3.28. The minimum Gasteiger partial charge on any atom is -0.353 e. The molecule has 1 aromatic rings. The minimum absolute atomic E-state index is 0.0321. The molecule has 1 aromatic carbocycles. The Morgan fingerprint density at radius 1 is 1.52 bits per heavy atom. The highest BCUT2D eigenvalue weighted by Crippen LogP contribution is 2.14. The molecule has 1 heterocycles. The minimum atomic E-state index is -0.513. The molecule has 21 heavy (non-hydrogen) atoms. The first-order valence-electron chi connectivity index (χ1n) is 6.50. The number of nitro groups is 1. The Labute approximate surface area is 121 Å². The van der Waals surface area contributed by atoms with Crippen LogP contribution in [0.5, 0.6) is 0 Å². The number of nitrogens with one attached hydrogen (secondary N) is 1. The maximum Gasteiger partial charge on any atom is 0.270 e. The fourth-order valence-electron chi connectivity index (χ4n) is 2.09. The van der Waals surface area contributed by atoms with Crippen molar-refractivity contribution in [2.24, 2.45) is 0 Å². The molecule has 1 atom stereocenters. The SMILES string of the molecule is CC1C(=O)NCCN1C(=O)C=Cc1cccc([N+](=O)[O-])c1. The molecule has 0 radical (unpaired) electrons. The van der Waals surface area contributed by atoms with E-state index in [0.717, 1.165) is 0 Å². The van der Waals surface area contributed by atoms with Crippen LogP contribution in [-0.2, 0) is 9.59 Å². The molecule has 1 N–H and O–H groups in total. The van der Waals surface area contributed by atoms with E-state index in [2.05, 4.69) is 5.32 Å². The number of hydrogen-bond donors (Lipinski definition) is 1. The Balaban J connectivity index is 2.10. The van der Waals surface area contributed by atoms with Crippen LogP contribution in [-0.4, -0.2) is 40.8 Å². The second-order valence-corrected chi connectivity index (χ2v) is 4.68. The monoisotopic (exact) mass is 289 g/mol. The largest absolute Gasteiger partial charge is 0.353 e. The van der Waals surface area contributed by atoms with Crippen LogP contribution in [0.3, 0.4) is 0 Å². The third kappa shape index (κ3) is 3.44. The van der Waals surface area contributed by atoms with Crippen LogP contribution < -0.4 is 5.32 Å². The van der Waals surface area contributed by atoms with Crippen LogP contribution in [0.15, 0.2) is 30.3 Å². The van der Waals surface area contributed by atoms with E-state index in [1.54, 1.807) is 19.1 Å². The summed E-state index contributed by atoms with van der Waals surface area (Å²) in [7, 11) is 0. The number of nitrogens with zero attached hydrogens (tertiary/aromatic N) is 2. The zero-order valence-electron chi connectivity index (χ0n) is 11.5. The van der Waals surface area contributed by atoms with Crippen molar-refractivity contribution in [3.8, 4) is 0 Å². The van der Waals surface area contributed by atoms with E-state index < -0.39 is 11.0 Å². The molecule has 1 saturated heterocycles. The predicted octanol–water partition coefficient (Wildman–Crippen LogP) is 0.955. The zero-order chi connectivity index (χ0) is 15.4. The Morgan fingerprint density at radius 3 is 3.00 bits per heavy atom. The summed E-state index contributed by atoms with van der Waals surface area (Å²) < 4.78 is 0. The summed E-state index contributed by atoms with van der Waals surface area (Å²) in [6, 6.07) is 5.48. The first-order chi connectivity index (χ1) is 9.99. The summed E-state index contributed by atoms with van der Waals surface area (Å²) in [4.78, 5) is 35.2. The lowest BCUT2D eigenvalue weighted by atomic mass is 10.1. The molecule has 7 nitrogen and oxygen atoms in total. The van der Waals surface area contributed by atoms with Crippen molar-refractivity contribution < 1.29 is 14.5 Å². The van der Waals surface area contributed by atoms with Gasteiger partial charge in [-0.1, -0.05) is 12.1 Å². The number of rotatable bonds is 3. The standard InChI is InChI=1S/C14H15N3O4/c1-10-14(19)15-7-8-16(10)13(18)6-5-11-3-2-4-12(9-11)17(20)21/h2-6,9-10H,7-8H2,1H3,(H,15,19). The Hall–Kier alpha value is -2.70. The maximum atomic E-state index is 12.1. The maximum absolute atomic E-state index is 12.1. The summed E-state index contributed by atoms with van der Waals surface area (Å²) in [5.74, 6) is -0.470. The van der Waals surface area contributed by atoms with Gasteiger partial charge < -0.3 is 10.2 Å². The summed E-state index contributed by atoms with van der Waals surface area (Å²) >= 11 is 0. The number of hydrogen-bond acceptors (Lipinski definition) is 4. The normalized spacial score (nSPS) is 18.6. The molecule has 0 aromatic heterocycles. The summed E-state index contributed by atoms with van der Waals surface area (Å²) in [6.45, 7) is 2.54. The van der Waals surface area contributed by atoms with Crippen molar-refractivity contribution in [1.82, 2.24) is 10.2 Å². The molecule has 2 rings (SSSR count). The van der Waals surface area contributed by atoms with Gasteiger partial charge in [-0.15, -0.1) is 0 Å². The summed E-state index contributed by atoms with van der Waals surface area (Å²) in [5, 5.41) is 13.4. The topological polar surface area (TPSA) is 92.6 Å².